The molecule has 2 aliphatic heterocycles. The maximum atomic E-state index is 13.3. The number of hydrogen-bond donors (Lipinski definition) is 2. The third-order valence-corrected chi connectivity index (χ3v) is 9.37. The fourth-order valence-corrected chi connectivity index (χ4v) is 7.26. The molecule has 4 aliphatic rings. The van der Waals surface area contributed by atoms with E-state index in [4.69, 9.17) is 9.29 Å². The fraction of sp³-hybridized carbons (Fsp3) is 0.667. The van der Waals surface area contributed by atoms with Crippen molar-refractivity contribution in [2.45, 2.75) is 81.8 Å². The number of hydrogen-bond acceptors (Lipinski definition) is 7. The van der Waals surface area contributed by atoms with E-state index >= 15 is 0 Å². The zero-order chi connectivity index (χ0) is 27.5. The summed E-state index contributed by atoms with van der Waals surface area (Å²) in [6.45, 7) is 4.61. The van der Waals surface area contributed by atoms with Gasteiger partial charge >= 0.3 is 0 Å². The zero-order valence-electron chi connectivity index (χ0n) is 22.3. The summed E-state index contributed by atoms with van der Waals surface area (Å²) in [5.74, 6) is 0.771. The van der Waals surface area contributed by atoms with Crippen molar-refractivity contribution >= 4 is 25.9 Å². The van der Waals surface area contributed by atoms with Crippen molar-refractivity contribution in [1.82, 2.24) is 10.2 Å². The number of likely N-dealkylation sites (tertiary alicyclic amines) is 1. The van der Waals surface area contributed by atoms with E-state index in [0.717, 1.165) is 44.3 Å². The number of fused-ring (bicyclic) bond motifs is 1. The minimum Gasteiger partial charge on any atom is -0.489 e. The monoisotopic (exact) mass is 568 g/mol. The van der Waals surface area contributed by atoms with Crippen LogP contribution in [0, 0.1) is 5.92 Å². The molecule has 1 amide bonds. The second kappa shape index (κ2) is 12.1. The SMILES string of the molecule is CC1Cc2cc(S(=O)(=O)CC3CC3)cc(C(=O)NCC3CCCN3CC3=CCCCC3)c2O1.CS(=O)(=O)O. The summed E-state index contributed by atoms with van der Waals surface area (Å²) in [5.41, 5.74) is 2.73. The van der Waals surface area contributed by atoms with Crippen LogP contribution in [0.1, 0.15) is 74.2 Å². The van der Waals surface area contributed by atoms with E-state index in [1.165, 1.54) is 31.3 Å². The number of nitrogens with one attached hydrogen (secondary N) is 1. The molecule has 2 atom stereocenters. The van der Waals surface area contributed by atoms with E-state index in [1.54, 1.807) is 12.1 Å². The van der Waals surface area contributed by atoms with E-state index in [-0.39, 0.29) is 28.6 Å². The lowest BCUT2D eigenvalue weighted by atomic mass is 9.99. The smallest absolute Gasteiger partial charge is 0.261 e. The molecule has 2 aliphatic carbocycles. The van der Waals surface area contributed by atoms with Crippen molar-refractivity contribution in [3.8, 4) is 5.75 Å². The van der Waals surface area contributed by atoms with Crippen LogP contribution >= 0.6 is 0 Å². The Morgan fingerprint density at radius 1 is 1.13 bits per heavy atom. The van der Waals surface area contributed by atoms with Crippen LogP contribution in [0.5, 0.6) is 5.75 Å². The first kappa shape index (κ1) is 29.0. The van der Waals surface area contributed by atoms with E-state index in [9.17, 15) is 21.6 Å². The quantitative estimate of drug-likeness (QED) is 0.361. The first-order valence-corrected chi connectivity index (χ1v) is 17.1. The lowest BCUT2D eigenvalue weighted by Gasteiger charge is -2.27. The summed E-state index contributed by atoms with van der Waals surface area (Å²) >= 11 is 0. The highest BCUT2D eigenvalue weighted by molar-refractivity contribution is 7.91. The maximum Gasteiger partial charge on any atom is 0.261 e. The number of nitrogens with zero attached hydrogens (tertiary/aromatic N) is 1. The molecular formula is C27H40N2O7S2. The Morgan fingerprint density at radius 2 is 1.87 bits per heavy atom. The van der Waals surface area contributed by atoms with E-state index < -0.39 is 20.0 Å². The Bertz CT molecular complexity index is 1260. The van der Waals surface area contributed by atoms with Crippen LogP contribution in [0.4, 0.5) is 0 Å². The molecule has 0 aromatic heterocycles. The van der Waals surface area contributed by atoms with Crippen molar-refractivity contribution in [3.63, 3.8) is 0 Å². The van der Waals surface area contributed by atoms with Gasteiger partial charge in [-0.15, -0.1) is 0 Å². The van der Waals surface area contributed by atoms with E-state index in [1.807, 2.05) is 6.92 Å². The van der Waals surface area contributed by atoms with Crippen molar-refractivity contribution < 1.29 is 30.9 Å². The molecule has 0 spiro atoms. The molecule has 1 saturated carbocycles. The van der Waals surface area contributed by atoms with Crippen molar-refractivity contribution in [2.24, 2.45) is 5.92 Å². The Kier molecular flexibility index (Phi) is 9.22. The fourth-order valence-electron chi connectivity index (χ4n) is 5.49. The summed E-state index contributed by atoms with van der Waals surface area (Å²) in [6.07, 6.45) is 12.8. The van der Waals surface area contributed by atoms with Gasteiger partial charge in [0, 0.05) is 25.6 Å². The maximum absolute atomic E-state index is 13.3. The van der Waals surface area contributed by atoms with Gasteiger partial charge in [0.2, 0.25) is 0 Å². The van der Waals surface area contributed by atoms with E-state index in [2.05, 4.69) is 16.3 Å². The number of allylic oxidation sites excluding steroid dienone is 1. The number of ether oxygens (including phenoxy) is 1. The molecule has 2 heterocycles. The van der Waals surface area contributed by atoms with Gasteiger partial charge < -0.3 is 10.1 Å². The average Bonchev–Trinajstić information content (AvgIpc) is 3.38. The first-order chi connectivity index (χ1) is 17.9. The molecule has 1 aromatic carbocycles. The Labute approximate surface area is 226 Å². The molecule has 5 rings (SSSR count). The van der Waals surface area contributed by atoms with Crippen molar-refractivity contribution in [2.75, 3.05) is 31.6 Å². The molecule has 0 bridgehead atoms. The Hall–Kier alpha value is -1.95. The minimum absolute atomic E-state index is 0.0537. The van der Waals surface area contributed by atoms with Crippen molar-refractivity contribution in [1.29, 1.82) is 0 Å². The zero-order valence-corrected chi connectivity index (χ0v) is 23.9. The predicted octanol–water partition coefficient (Wildman–Crippen LogP) is 3.39. The van der Waals surface area contributed by atoms with Gasteiger partial charge in [-0.25, -0.2) is 8.42 Å². The summed E-state index contributed by atoms with van der Waals surface area (Å²) in [4.78, 5) is 16.0. The molecule has 9 nitrogen and oxygen atoms in total. The van der Waals surface area contributed by atoms with Crippen LogP contribution in [0.15, 0.2) is 28.7 Å². The lowest BCUT2D eigenvalue weighted by Crippen LogP contribution is -2.41. The van der Waals surface area contributed by atoms with Crippen LogP contribution < -0.4 is 10.1 Å². The van der Waals surface area contributed by atoms with Crippen LogP contribution in [0.25, 0.3) is 0 Å². The van der Waals surface area contributed by atoms with Gasteiger partial charge in [-0.2, -0.15) is 8.42 Å². The normalized spacial score (nSPS) is 23.6. The number of rotatable bonds is 8. The number of amides is 1. The van der Waals surface area contributed by atoms with Crippen LogP contribution in [-0.2, 0) is 26.4 Å². The van der Waals surface area contributed by atoms with Crippen LogP contribution in [0.2, 0.25) is 0 Å². The van der Waals surface area contributed by atoms with Gasteiger partial charge in [0.05, 0.1) is 22.5 Å². The highest BCUT2D eigenvalue weighted by Crippen LogP contribution is 2.37. The molecule has 38 heavy (non-hydrogen) atoms. The minimum atomic E-state index is -3.67. The summed E-state index contributed by atoms with van der Waals surface area (Å²) < 4.78 is 57.7. The van der Waals surface area contributed by atoms with Gasteiger partial charge in [-0.05, 0) is 88.4 Å². The molecule has 1 aromatic rings. The summed E-state index contributed by atoms with van der Waals surface area (Å²) in [7, 11) is -7.06. The summed E-state index contributed by atoms with van der Waals surface area (Å²) in [5, 5.41) is 3.11. The lowest BCUT2D eigenvalue weighted by molar-refractivity contribution is 0.0937. The van der Waals surface area contributed by atoms with Gasteiger partial charge in [0.25, 0.3) is 16.0 Å². The third-order valence-electron chi connectivity index (χ3n) is 7.51. The highest BCUT2D eigenvalue weighted by atomic mass is 32.2. The van der Waals surface area contributed by atoms with Crippen LogP contribution in [-0.4, -0.2) is 76.0 Å². The second-order valence-corrected chi connectivity index (χ2v) is 14.6. The van der Waals surface area contributed by atoms with Crippen LogP contribution in [0.3, 0.4) is 0 Å². The van der Waals surface area contributed by atoms with Crippen molar-refractivity contribution in [3.05, 3.63) is 34.9 Å². The number of carbonyl (C=O) groups is 1. The number of sulfone groups is 1. The Balaban J connectivity index is 0.000000617. The van der Waals surface area contributed by atoms with Gasteiger partial charge in [-0.3, -0.25) is 14.2 Å². The molecule has 2 unspecified atom stereocenters. The summed E-state index contributed by atoms with van der Waals surface area (Å²) in [6, 6.07) is 3.60. The van der Waals surface area contributed by atoms with Gasteiger partial charge in [0.1, 0.15) is 11.9 Å². The molecular weight excluding hydrogens is 528 g/mol. The number of carbonyl (C=O) groups excluding carboxylic acids is 1. The Morgan fingerprint density at radius 3 is 2.53 bits per heavy atom. The number of benzene rings is 1. The molecule has 1 saturated heterocycles. The molecule has 11 heteroatoms. The standard InChI is InChI=1S/C26H36N2O4S.CH4O3S/c1-18-12-21-13-23(33(30,31)17-20-9-10-20)14-24(25(21)32-18)26(29)27-15-22-8-5-11-28(22)16-19-6-3-2-4-7-19;1-5(2,3)4/h6,13-14,18,20,22H,2-5,7-12,15-17H2,1H3,(H,27,29);1H3,(H,2,3,4). The molecule has 2 fully saturated rings. The largest absolute Gasteiger partial charge is 0.489 e. The molecule has 2 N–H and O–H groups in total. The predicted molar refractivity (Wildman–Crippen MR) is 146 cm³/mol. The van der Waals surface area contributed by atoms with E-state index in [0.29, 0.717) is 36.6 Å². The average molecular weight is 569 g/mol. The molecule has 212 valence electrons. The topological polar surface area (TPSA) is 130 Å². The first-order valence-electron chi connectivity index (χ1n) is 13.6. The highest BCUT2D eigenvalue weighted by Gasteiger charge is 2.33. The van der Waals surface area contributed by atoms with Gasteiger partial charge in [-0.1, -0.05) is 11.6 Å². The molecule has 0 radical (unpaired) electrons. The van der Waals surface area contributed by atoms with Gasteiger partial charge in [0.15, 0.2) is 9.84 Å². The second-order valence-electron chi connectivity index (χ2n) is 11.1. The third kappa shape index (κ3) is 8.27.